The molecule has 0 aromatic heterocycles. The van der Waals surface area contributed by atoms with E-state index in [2.05, 4.69) is 10.6 Å². The molecular weight excluding hydrogens is 200 g/mol. The van der Waals surface area contributed by atoms with Crippen LogP contribution in [0.2, 0.25) is 0 Å². The van der Waals surface area contributed by atoms with Gasteiger partial charge >= 0.3 is 0 Å². The minimum absolute atomic E-state index is 0.0906. The van der Waals surface area contributed by atoms with Crippen LogP contribution in [0.15, 0.2) is 0 Å². The Hall–Kier alpha value is -0.570. The predicted octanol–water partition coefficient (Wildman–Crippen LogP) is 1.43. The molecule has 0 aromatic rings. The van der Waals surface area contributed by atoms with Gasteiger partial charge in [0.2, 0.25) is 5.91 Å². The average molecular weight is 222 g/mol. The maximum Gasteiger partial charge on any atom is 0.237 e. The molecule has 1 amide bonds. The summed E-state index contributed by atoms with van der Waals surface area (Å²) in [6.07, 6.45) is 8.78. The van der Waals surface area contributed by atoms with Crippen molar-refractivity contribution in [3.8, 4) is 0 Å². The highest BCUT2D eigenvalue weighted by Gasteiger charge is 2.40. The second-order valence-electron chi connectivity index (χ2n) is 5.79. The molecule has 3 nitrogen and oxygen atoms in total. The van der Waals surface area contributed by atoms with Crippen LogP contribution in [0.25, 0.3) is 0 Å². The van der Waals surface area contributed by atoms with Crippen LogP contribution in [0.1, 0.15) is 44.9 Å². The quantitative estimate of drug-likeness (QED) is 0.742. The molecule has 0 spiro atoms. The molecule has 4 atom stereocenters. The molecule has 2 N–H and O–H groups in total. The standard InChI is InChI=1S/C13H22N2O/c16-13(11-3-1-2-6-14-11)15-12-8-9-4-5-10(12)7-9/h9-12,14H,1-8H2,(H,15,16). The van der Waals surface area contributed by atoms with Gasteiger partial charge in [-0.15, -0.1) is 0 Å². The maximum absolute atomic E-state index is 12.1. The predicted molar refractivity (Wildman–Crippen MR) is 63.0 cm³/mol. The first-order chi connectivity index (χ1) is 7.83. The molecule has 3 fully saturated rings. The van der Waals surface area contributed by atoms with Crippen LogP contribution < -0.4 is 10.6 Å². The number of nitrogens with one attached hydrogen (secondary N) is 2. The Morgan fingerprint density at radius 2 is 2.06 bits per heavy atom. The molecule has 3 heteroatoms. The van der Waals surface area contributed by atoms with Gasteiger partial charge in [-0.2, -0.15) is 0 Å². The van der Waals surface area contributed by atoms with Gasteiger partial charge in [0, 0.05) is 6.04 Å². The molecule has 3 rings (SSSR count). The molecule has 2 aliphatic carbocycles. The number of carbonyl (C=O) groups is 1. The minimum atomic E-state index is 0.0906. The summed E-state index contributed by atoms with van der Waals surface area (Å²) in [4.78, 5) is 12.1. The first-order valence-electron chi connectivity index (χ1n) is 6.86. The van der Waals surface area contributed by atoms with Gasteiger partial charge in [-0.05, 0) is 50.5 Å². The second kappa shape index (κ2) is 4.36. The molecule has 2 bridgehead atoms. The molecule has 2 saturated carbocycles. The summed E-state index contributed by atoms with van der Waals surface area (Å²) in [6.45, 7) is 1.01. The Kier molecular flexibility index (Phi) is 2.88. The van der Waals surface area contributed by atoms with E-state index in [0.717, 1.165) is 24.8 Å². The Balaban J connectivity index is 1.52. The van der Waals surface area contributed by atoms with Crippen molar-refractivity contribution in [2.75, 3.05) is 6.54 Å². The molecule has 4 unspecified atom stereocenters. The van der Waals surface area contributed by atoms with Crippen LogP contribution in [0.5, 0.6) is 0 Å². The highest BCUT2D eigenvalue weighted by molar-refractivity contribution is 5.82. The first kappa shape index (κ1) is 10.6. The molecule has 1 aliphatic heterocycles. The third kappa shape index (κ3) is 1.97. The fourth-order valence-electron chi connectivity index (χ4n) is 3.78. The summed E-state index contributed by atoms with van der Waals surface area (Å²) in [5.74, 6) is 1.96. The van der Waals surface area contributed by atoms with Crippen LogP contribution in [-0.4, -0.2) is 24.5 Å². The van der Waals surface area contributed by atoms with Crippen LogP contribution in [0, 0.1) is 11.8 Å². The van der Waals surface area contributed by atoms with E-state index < -0.39 is 0 Å². The van der Waals surface area contributed by atoms with Crippen molar-refractivity contribution in [2.24, 2.45) is 11.8 Å². The van der Waals surface area contributed by atoms with Crippen molar-refractivity contribution < 1.29 is 4.79 Å². The van der Waals surface area contributed by atoms with Crippen molar-refractivity contribution in [3.63, 3.8) is 0 Å². The molecule has 90 valence electrons. The van der Waals surface area contributed by atoms with Crippen molar-refractivity contribution >= 4 is 5.91 Å². The van der Waals surface area contributed by atoms with E-state index in [1.165, 1.54) is 38.5 Å². The van der Waals surface area contributed by atoms with E-state index in [-0.39, 0.29) is 11.9 Å². The lowest BCUT2D eigenvalue weighted by atomic mass is 9.94. The Bertz CT molecular complexity index is 273. The van der Waals surface area contributed by atoms with Gasteiger partial charge in [-0.3, -0.25) is 4.79 Å². The van der Waals surface area contributed by atoms with Crippen LogP contribution in [0.4, 0.5) is 0 Å². The number of amides is 1. The average Bonchev–Trinajstić information content (AvgIpc) is 2.92. The van der Waals surface area contributed by atoms with Gasteiger partial charge in [-0.1, -0.05) is 12.8 Å². The first-order valence-corrected chi connectivity index (χ1v) is 6.86. The van der Waals surface area contributed by atoms with Gasteiger partial charge in [0.1, 0.15) is 0 Å². The Morgan fingerprint density at radius 3 is 2.69 bits per heavy atom. The largest absolute Gasteiger partial charge is 0.352 e. The number of rotatable bonds is 2. The summed E-state index contributed by atoms with van der Waals surface area (Å²) in [6, 6.07) is 0.586. The summed E-state index contributed by atoms with van der Waals surface area (Å²) in [5, 5.41) is 6.60. The molecule has 1 saturated heterocycles. The van der Waals surface area contributed by atoms with Crippen LogP contribution in [-0.2, 0) is 4.79 Å². The number of carbonyl (C=O) groups excluding carboxylic acids is 1. The SMILES string of the molecule is O=C(NC1CC2CCC1C2)C1CCCCN1. The lowest BCUT2D eigenvalue weighted by Gasteiger charge is -2.28. The number of hydrogen-bond donors (Lipinski definition) is 2. The Morgan fingerprint density at radius 1 is 1.12 bits per heavy atom. The lowest BCUT2D eigenvalue weighted by Crippen LogP contribution is -2.50. The van der Waals surface area contributed by atoms with Gasteiger partial charge in [0.05, 0.1) is 6.04 Å². The van der Waals surface area contributed by atoms with E-state index >= 15 is 0 Å². The summed E-state index contributed by atoms with van der Waals surface area (Å²) < 4.78 is 0. The molecular formula is C13H22N2O. The zero-order valence-corrected chi connectivity index (χ0v) is 9.87. The Labute approximate surface area is 97.4 Å². The van der Waals surface area contributed by atoms with Crippen molar-refractivity contribution in [2.45, 2.75) is 57.0 Å². The molecule has 0 radical (unpaired) electrons. The van der Waals surface area contributed by atoms with Crippen LogP contribution >= 0.6 is 0 Å². The van der Waals surface area contributed by atoms with Crippen molar-refractivity contribution in [1.82, 2.24) is 10.6 Å². The summed E-state index contributed by atoms with van der Waals surface area (Å²) >= 11 is 0. The highest BCUT2D eigenvalue weighted by Crippen LogP contribution is 2.44. The highest BCUT2D eigenvalue weighted by atomic mass is 16.2. The fourth-order valence-corrected chi connectivity index (χ4v) is 3.78. The summed E-state index contributed by atoms with van der Waals surface area (Å²) in [7, 11) is 0. The van der Waals surface area contributed by atoms with E-state index in [9.17, 15) is 4.79 Å². The van der Waals surface area contributed by atoms with Crippen molar-refractivity contribution in [1.29, 1.82) is 0 Å². The van der Waals surface area contributed by atoms with E-state index in [1.54, 1.807) is 0 Å². The molecule has 16 heavy (non-hydrogen) atoms. The van der Waals surface area contributed by atoms with Gasteiger partial charge in [0.25, 0.3) is 0 Å². The van der Waals surface area contributed by atoms with E-state index in [1.807, 2.05) is 0 Å². The zero-order chi connectivity index (χ0) is 11.0. The maximum atomic E-state index is 12.1. The smallest absolute Gasteiger partial charge is 0.237 e. The normalized spacial score (nSPS) is 42.2. The zero-order valence-electron chi connectivity index (χ0n) is 9.87. The topological polar surface area (TPSA) is 41.1 Å². The summed E-state index contributed by atoms with van der Waals surface area (Å²) in [5.41, 5.74) is 0. The fraction of sp³-hybridized carbons (Fsp3) is 0.923. The monoisotopic (exact) mass is 222 g/mol. The van der Waals surface area contributed by atoms with Gasteiger partial charge < -0.3 is 10.6 Å². The molecule has 0 aromatic carbocycles. The minimum Gasteiger partial charge on any atom is -0.352 e. The third-order valence-corrected chi connectivity index (χ3v) is 4.69. The molecule has 1 heterocycles. The van der Waals surface area contributed by atoms with Crippen LogP contribution in [0.3, 0.4) is 0 Å². The van der Waals surface area contributed by atoms with E-state index in [0.29, 0.717) is 6.04 Å². The third-order valence-electron chi connectivity index (χ3n) is 4.69. The van der Waals surface area contributed by atoms with Crippen molar-refractivity contribution in [3.05, 3.63) is 0 Å². The second-order valence-corrected chi connectivity index (χ2v) is 5.79. The number of hydrogen-bond acceptors (Lipinski definition) is 2. The lowest BCUT2D eigenvalue weighted by molar-refractivity contribution is -0.124. The number of fused-ring (bicyclic) bond motifs is 2. The number of piperidine rings is 1. The van der Waals surface area contributed by atoms with Gasteiger partial charge in [-0.25, -0.2) is 0 Å². The van der Waals surface area contributed by atoms with E-state index in [4.69, 9.17) is 0 Å². The molecule has 3 aliphatic rings. The van der Waals surface area contributed by atoms with Gasteiger partial charge in [0.15, 0.2) is 0 Å².